The summed E-state index contributed by atoms with van der Waals surface area (Å²) in [5, 5.41) is 1.80. The molecule has 29 heavy (non-hydrogen) atoms. The van der Waals surface area contributed by atoms with E-state index in [0.29, 0.717) is 29.2 Å². The van der Waals surface area contributed by atoms with Crippen molar-refractivity contribution in [2.45, 2.75) is 46.2 Å². The van der Waals surface area contributed by atoms with Gasteiger partial charge in [-0.1, -0.05) is 32.0 Å². The Hall–Kier alpha value is -2.67. The summed E-state index contributed by atoms with van der Waals surface area (Å²) in [5.41, 5.74) is 1.96. The van der Waals surface area contributed by atoms with E-state index >= 15 is 0 Å². The molecular formula is C22H25N3O3S. The summed E-state index contributed by atoms with van der Waals surface area (Å²) in [6.45, 7) is 5.06. The number of carbonyl (C=O) groups excluding carboxylic acids is 1. The molecule has 6 nitrogen and oxygen atoms in total. The number of hydrogen-bond donors (Lipinski definition) is 0. The van der Waals surface area contributed by atoms with Gasteiger partial charge in [0.1, 0.15) is 11.2 Å². The third-order valence-corrected chi connectivity index (χ3v) is 6.36. The number of anilines is 1. The lowest BCUT2D eigenvalue weighted by Gasteiger charge is -2.29. The number of hydrogen-bond acceptors (Lipinski definition) is 4. The Balaban J connectivity index is 1.73. The van der Waals surface area contributed by atoms with Crippen LogP contribution in [-0.4, -0.2) is 21.6 Å². The van der Waals surface area contributed by atoms with Crippen LogP contribution < -0.4 is 16.1 Å². The lowest BCUT2D eigenvalue weighted by molar-refractivity contribution is -0.119. The van der Waals surface area contributed by atoms with Crippen LogP contribution in [-0.2, 0) is 24.3 Å². The lowest BCUT2D eigenvalue weighted by atomic mass is 10.0. The van der Waals surface area contributed by atoms with Crippen LogP contribution in [0.25, 0.3) is 10.2 Å². The Bertz CT molecular complexity index is 1170. The van der Waals surface area contributed by atoms with Gasteiger partial charge in [0.2, 0.25) is 5.91 Å². The van der Waals surface area contributed by atoms with Gasteiger partial charge in [-0.15, -0.1) is 11.3 Å². The first-order valence-electron chi connectivity index (χ1n) is 10.1. The highest BCUT2D eigenvalue weighted by Gasteiger charge is 2.24. The summed E-state index contributed by atoms with van der Waals surface area (Å²) in [7, 11) is 0. The molecule has 1 amide bonds. The number of aromatic nitrogens is 2. The highest BCUT2D eigenvalue weighted by atomic mass is 32.1. The number of aryl methyl sites for hydroxylation is 1. The van der Waals surface area contributed by atoms with Gasteiger partial charge in [-0.3, -0.25) is 18.7 Å². The number of para-hydroxylation sites is 1. The third kappa shape index (κ3) is 3.67. The van der Waals surface area contributed by atoms with Gasteiger partial charge in [0, 0.05) is 18.8 Å². The summed E-state index contributed by atoms with van der Waals surface area (Å²) >= 11 is 1.32. The zero-order chi connectivity index (χ0) is 20.5. The molecule has 0 bridgehead atoms. The minimum Gasteiger partial charge on any atom is -0.311 e. The van der Waals surface area contributed by atoms with Crippen molar-refractivity contribution in [1.29, 1.82) is 0 Å². The van der Waals surface area contributed by atoms with E-state index in [-0.39, 0.29) is 18.0 Å². The monoisotopic (exact) mass is 411 g/mol. The SMILES string of the molecule is CC(C)CCn1c(=O)c2sccc2n(CC(=O)N2CCCc3ccccc32)c1=O. The van der Waals surface area contributed by atoms with Crippen LogP contribution in [0.3, 0.4) is 0 Å². The number of carbonyl (C=O) groups is 1. The van der Waals surface area contributed by atoms with Crippen molar-refractivity contribution in [2.24, 2.45) is 5.92 Å². The fraction of sp³-hybridized carbons (Fsp3) is 0.409. The maximum Gasteiger partial charge on any atom is 0.332 e. The van der Waals surface area contributed by atoms with Gasteiger partial charge in [0.25, 0.3) is 5.56 Å². The van der Waals surface area contributed by atoms with Crippen molar-refractivity contribution >= 4 is 33.1 Å². The maximum atomic E-state index is 13.2. The molecule has 0 saturated heterocycles. The van der Waals surface area contributed by atoms with Gasteiger partial charge in [-0.2, -0.15) is 0 Å². The van der Waals surface area contributed by atoms with Crippen LogP contribution in [0.5, 0.6) is 0 Å². The molecule has 3 heterocycles. The number of rotatable bonds is 5. The standard InChI is InChI=1S/C22H25N3O3S/c1-15(2)9-12-24-21(27)20-18(10-13-29-20)25(22(24)28)14-19(26)23-11-5-7-16-6-3-4-8-17(16)23/h3-4,6,8,10,13,15H,5,7,9,11-12,14H2,1-2H3. The molecule has 0 fully saturated rings. The minimum atomic E-state index is -0.403. The molecule has 0 radical (unpaired) electrons. The average molecular weight is 412 g/mol. The molecule has 7 heteroatoms. The molecule has 4 rings (SSSR count). The normalized spacial score (nSPS) is 13.8. The Kier molecular flexibility index (Phi) is 5.41. The summed E-state index contributed by atoms with van der Waals surface area (Å²) < 4.78 is 3.28. The molecule has 0 saturated carbocycles. The fourth-order valence-corrected chi connectivity index (χ4v) is 4.73. The fourth-order valence-electron chi connectivity index (χ4n) is 3.88. The van der Waals surface area contributed by atoms with Crippen molar-refractivity contribution in [1.82, 2.24) is 9.13 Å². The smallest absolute Gasteiger partial charge is 0.311 e. The van der Waals surface area contributed by atoms with Crippen LogP contribution in [0.4, 0.5) is 5.69 Å². The zero-order valence-corrected chi connectivity index (χ0v) is 17.6. The molecule has 2 aromatic heterocycles. The van der Waals surface area contributed by atoms with Gasteiger partial charge in [0.05, 0.1) is 5.52 Å². The first-order chi connectivity index (χ1) is 14.0. The van der Waals surface area contributed by atoms with Gasteiger partial charge < -0.3 is 4.90 Å². The van der Waals surface area contributed by atoms with E-state index in [1.165, 1.54) is 20.5 Å². The van der Waals surface area contributed by atoms with Gasteiger partial charge in [-0.25, -0.2) is 4.79 Å². The minimum absolute atomic E-state index is 0.0671. The maximum absolute atomic E-state index is 13.2. The molecule has 3 aromatic rings. The first-order valence-corrected chi connectivity index (χ1v) is 10.9. The number of fused-ring (bicyclic) bond motifs is 2. The molecular weight excluding hydrogens is 386 g/mol. The highest BCUT2D eigenvalue weighted by Crippen LogP contribution is 2.27. The quantitative estimate of drug-likeness (QED) is 0.647. The Morgan fingerprint density at radius 2 is 1.93 bits per heavy atom. The molecule has 1 aliphatic rings. The van der Waals surface area contributed by atoms with E-state index in [4.69, 9.17) is 0 Å². The second-order valence-corrected chi connectivity index (χ2v) is 8.84. The van der Waals surface area contributed by atoms with E-state index < -0.39 is 5.69 Å². The molecule has 0 atom stereocenters. The van der Waals surface area contributed by atoms with Crippen molar-refractivity contribution in [3.8, 4) is 0 Å². The topological polar surface area (TPSA) is 64.3 Å². The summed E-state index contributed by atoms with van der Waals surface area (Å²) in [5.74, 6) is 0.251. The van der Waals surface area contributed by atoms with E-state index in [2.05, 4.69) is 13.8 Å². The predicted molar refractivity (Wildman–Crippen MR) is 117 cm³/mol. The molecule has 1 aromatic carbocycles. The largest absolute Gasteiger partial charge is 0.332 e. The van der Waals surface area contributed by atoms with Crippen molar-refractivity contribution in [3.05, 3.63) is 62.1 Å². The number of nitrogens with zero attached hydrogens (tertiary/aromatic N) is 3. The highest BCUT2D eigenvalue weighted by molar-refractivity contribution is 7.17. The first kappa shape index (κ1) is 19.6. The second kappa shape index (κ2) is 7.99. The Morgan fingerprint density at radius 3 is 2.72 bits per heavy atom. The molecule has 0 N–H and O–H groups in total. The van der Waals surface area contributed by atoms with Gasteiger partial charge >= 0.3 is 5.69 Å². The van der Waals surface area contributed by atoms with E-state index in [9.17, 15) is 14.4 Å². The molecule has 0 unspecified atom stereocenters. The van der Waals surface area contributed by atoms with E-state index in [0.717, 1.165) is 30.5 Å². The zero-order valence-electron chi connectivity index (χ0n) is 16.8. The van der Waals surface area contributed by atoms with Crippen LogP contribution in [0.1, 0.15) is 32.3 Å². The second-order valence-electron chi connectivity index (χ2n) is 7.92. The van der Waals surface area contributed by atoms with Crippen LogP contribution in [0.2, 0.25) is 0 Å². The van der Waals surface area contributed by atoms with E-state index in [1.807, 2.05) is 24.3 Å². The molecule has 0 spiro atoms. The van der Waals surface area contributed by atoms with Crippen LogP contribution in [0.15, 0.2) is 45.3 Å². The Morgan fingerprint density at radius 1 is 1.14 bits per heavy atom. The third-order valence-electron chi connectivity index (χ3n) is 5.47. The summed E-state index contributed by atoms with van der Waals surface area (Å²) in [6, 6.07) is 9.67. The van der Waals surface area contributed by atoms with Crippen molar-refractivity contribution < 1.29 is 4.79 Å². The summed E-state index contributed by atoms with van der Waals surface area (Å²) in [6.07, 6.45) is 2.59. The lowest BCUT2D eigenvalue weighted by Crippen LogP contribution is -2.44. The van der Waals surface area contributed by atoms with Crippen molar-refractivity contribution in [3.63, 3.8) is 0 Å². The van der Waals surface area contributed by atoms with Crippen LogP contribution >= 0.6 is 11.3 Å². The summed E-state index contributed by atoms with van der Waals surface area (Å²) in [4.78, 5) is 40.9. The van der Waals surface area contributed by atoms with Gasteiger partial charge in [-0.05, 0) is 48.3 Å². The predicted octanol–water partition coefficient (Wildman–Crippen LogP) is 3.25. The van der Waals surface area contributed by atoms with Gasteiger partial charge in [0.15, 0.2) is 0 Å². The molecule has 1 aliphatic heterocycles. The molecule has 152 valence electrons. The Labute approximate surface area is 173 Å². The number of thiophene rings is 1. The average Bonchev–Trinajstić information content (AvgIpc) is 3.20. The number of benzene rings is 1. The van der Waals surface area contributed by atoms with Crippen molar-refractivity contribution in [2.75, 3.05) is 11.4 Å². The molecule has 0 aliphatic carbocycles. The van der Waals surface area contributed by atoms with E-state index in [1.54, 1.807) is 16.3 Å². The van der Waals surface area contributed by atoms with Crippen LogP contribution in [0, 0.1) is 5.92 Å². The number of amides is 1.